The van der Waals surface area contributed by atoms with Crippen LogP contribution in [0.5, 0.6) is 5.75 Å². The molecule has 0 aliphatic rings. The van der Waals surface area contributed by atoms with E-state index in [0.717, 1.165) is 11.3 Å². The molecule has 1 aromatic carbocycles. The molecule has 0 aliphatic heterocycles. The molecule has 0 unspecified atom stereocenters. The van der Waals surface area contributed by atoms with Gasteiger partial charge in [0, 0.05) is 23.6 Å². The average Bonchev–Trinajstić information content (AvgIpc) is 2.96. The summed E-state index contributed by atoms with van der Waals surface area (Å²) in [6.07, 6.45) is 3.01. The maximum atomic E-state index is 13.3. The van der Waals surface area contributed by atoms with Gasteiger partial charge in [0.15, 0.2) is 5.78 Å². The van der Waals surface area contributed by atoms with Gasteiger partial charge in [0.1, 0.15) is 17.0 Å². The zero-order valence-corrected chi connectivity index (χ0v) is 21.4. The van der Waals surface area contributed by atoms with Crippen LogP contribution in [-0.4, -0.2) is 39.9 Å². The van der Waals surface area contributed by atoms with Crippen molar-refractivity contribution in [1.82, 2.24) is 9.47 Å². The number of halogens is 2. The van der Waals surface area contributed by atoms with Crippen molar-refractivity contribution >= 4 is 35.2 Å². The summed E-state index contributed by atoms with van der Waals surface area (Å²) >= 11 is 1.11. The number of aromatic nitrogens is 1. The molecular formula is C25H32F2N2O4S. The van der Waals surface area contributed by atoms with Gasteiger partial charge in [0.05, 0.1) is 4.53 Å². The third-order valence-electron chi connectivity index (χ3n) is 5.03. The Hall–Kier alpha value is -2.81. The Morgan fingerprint density at radius 1 is 1.09 bits per heavy atom. The van der Waals surface area contributed by atoms with E-state index in [1.54, 1.807) is 43.9 Å². The second-order valence-corrected chi connectivity index (χ2v) is 10.6. The highest BCUT2D eigenvalue weighted by atomic mass is 32.1. The van der Waals surface area contributed by atoms with Gasteiger partial charge >= 0.3 is 6.61 Å². The lowest BCUT2D eigenvalue weighted by atomic mass is 9.91. The molecule has 0 bridgehead atoms. The van der Waals surface area contributed by atoms with Crippen molar-refractivity contribution < 1.29 is 23.1 Å². The fourth-order valence-electron chi connectivity index (χ4n) is 3.41. The second kappa shape index (κ2) is 11.1. The Balaban J connectivity index is 2.59. The molecule has 0 spiro atoms. The van der Waals surface area contributed by atoms with Gasteiger partial charge in [-0.3, -0.25) is 19.0 Å². The van der Waals surface area contributed by atoms with E-state index in [1.165, 1.54) is 22.8 Å². The van der Waals surface area contributed by atoms with Gasteiger partial charge in [-0.2, -0.15) is 8.78 Å². The smallest absolute Gasteiger partial charge is 0.387 e. The Kier molecular flexibility index (Phi) is 8.94. The SMILES string of the molecule is CC(C)N(C(=O)Cn1c(=O)/c(=C/c2ccc(OC(F)F)cc2)s/c1=C\C(=O)C(C)(C)C)C(C)C. The molecule has 0 saturated carbocycles. The third-order valence-corrected chi connectivity index (χ3v) is 6.09. The highest BCUT2D eigenvalue weighted by Crippen LogP contribution is 2.16. The number of Topliss-reactive ketones (excluding diaryl/α,β-unsaturated/α-hetero) is 1. The number of hydrogen-bond donors (Lipinski definition) is 0. The van der Waals surface area contributed by atoms with Gasteiger partial charge in [0.25, 0.3) is 5.56 Å². The number of hydrogen-bond acceptors (Lipinski definition) is 5. The molecule has 34 heavy (non-hydrogen) atoms. The standard InChI is InChI=1S/C25H32F2N2O4S/c1-15(2)29(16(3)4)21(31)14-28-22(13-20(30)25(5,6)7)34-19(23(28)32)12-17-8-10-18(11-9-17)33-24(26)27/h8-13,15-16,24H,14H2,1-7H3/b19-12-,22-13-. The lowest BCUT2D eigenvalue weighted by molar-refractivity contribution is -0.135. The molecule has 6 nitrogen and oxygen atoms in total. The predicted molar refractivity (Wildman–Crippen MR) is 131 cm³/mol. The fourth-order valence-corrected chi connectivity index (χ4v) is 4.45. The van der Waals surface area contributed by atoms with E-state index < -0.39 is 17.6 Å². The minimum atomic E-state index is -2.92. The lowest BCUT2D eigenvalue weighted by Gasteiger charge is -2.30. The number of thiazole rings is 1. The van der Waals surface area contributed by atoms with Crippen LogP contribution >= 0.6 is 11.3 Å². The van der Waals surface area contributed by atoms with Crippen LogP contribution in [0, 0.1) is 5.41 Å². The Morgan fingerprint density at radius 2 is 1.65 bits per heavy atom. The molecular weight excluding hydrogens is 462 g/mol. The van der Waals surface area contributed by atoms with Crippen LogP contribution in [0.2, 0.25) is 0 Å². The first-order valence-corrected chi connectivity index (χ1v) is 11.9. The highest BCUT2D eigenvalue weighted by molar-refractivity contribution is 7.07. The van der Waals surface area contributed by atoms with Crippen molar-refractivity contribution in [2.75, 3.05) is 0 Å². The van der Waals surface area contributed by atoms with Crippen molar-refractivity contribution in [1.29, 1.82) is 0 Å². The van der Waals surface area contributed by atoms with Crippen LogP contribution in [-0.2, 0) is 16.1 Å². The van der Waals surface area contributed by atoms with E-state index in [9.17, 15) is 23.2 Å². The number of nitrogens with zero attached hydrogens (tertiary/aromatic N) is 2. The molecule has 2 rings (SSSR count). The van der Waals surface area contributed by atoms with Crippen LogP contribution in [0.4, 0.5) is 8.78 Å². The zero-order valence-electron chi connectivity index (χ0n) is 20.6. The van der Waals surface area contributed by atoms with Crippen LogP contribution in [0.15, 0.2) is 29.1 Å². The van der Waals surface area contributed by atoms with E-state index in [-0.39, 0.29) is 36.1 Å². The number of carbonyl (C=O) groups excluding carboxylic acids is 2. The number of amides is 1. The number of alkyl halides is 2. The summed E-state index contributed by atoms with van der Waals surface area (Å²) in [5, 5.41) is 0. The monoisotopic (exact) mass is 494 g/mol. The Bertz CT molecular complexity index is 1180. The van der Waals surface area contributed by atoms with E-state index in [1.807, 2.05) is 27.7 Å². The van der Waals surface area contributed by atoms with Crippen LogP contribution in [0.25, 0.3) is 12.2 Å². The minimum absolute atomic E-state index is 0.00796. The summed E-state index contributed by atoms with van der Waals surface area (Å²) < 4.78 is 31.2. The first-order chi connectivity index (χ1) is 15.7. The van der Waals surface area contributed by atoms with Gasteiger partial charge in [0.2, 0.25) is 5.91 Å². The Morgan fingerprint density at radius 3 is 2.12 bits per heavy atom. The number of ketones is 1. The summed E-state index contributed by atoms with van der Waals surface area (Å²) in [6.45, 7) is 9.86. The molecule has 1 amide bonds. The van der Waals surface area contributed by atoms with E-state index >= 15 is 0 Å². The first kappa shape index (κ1) is 27.4. The van der Waals surface area contributed by atoms with Crippen molar-refractivity contribution in [3.05, 3.63) is 49.4 Å². The van der Waals surface area contributed by atoms with Crippen LogP contribution in [0.3, 0.4) is 0 Å². The summed E-state index contributed by atoms with van der Waals surface area (Å²) in [7, 11) is 0. The van der Waals surface area contributed by atoms with Gasteiger partial charge in [-0.05, 0) is 51.5 Å². The van der Waals surface area contributed by atoms with Gasteiger partial charge in [-0.15, -0.1) is 11.3 Å². The number of carbonyl (C=O) groups is 2. The highest BCUT2D eigenvalue weighted by Gasteiger charge is 2.23. The quantitative estimate of drug-likeness (QED) is 0.564. The van der Waals surface area contributed by atoms with E-state index in [4.69, 9.17) is 0 Å². The predicted octanol–water partition coefficient (Wildman–Crippen LogP) is 3.38. The molecule has 0 N–H and O–H groups in total. The van der Waals surface area contributed by atoms with Crippen molar-refractivity contribution in [2.45, 2.75) is 73.7 Å². The summed E-state index contributed by atoms with van der Waals surface area (Å²) in [5.74, 6) is -0.379. The van der Waals surface area contributed by atoms with Crippen molar-refractivity contribution in [3.8, 4) is 5.75 Å². The summed E-state index contributed by atoms with van der Waals surface area (Å²) in [4.78, 5) is 40.7. The Labute approximate surface area is 202 Å². The second-order valence-electron chi connectivity index (χ2n) is 9.53. The maximum absolute atomic E-state index is 13.3. The topological polar surface area (TPSA) is 68.6 Å². The molecule has 0 fully saturated rings. The summed E-state index contributed by atoms with van der Waals surface area (Å²) in [5.41, 5.74) is -0.453. The molecule has 0 saturated heterocycles. The van der Waals surface area contributed by atoms with E-state index in [2.05, 4.69) is 4.74 Å². The molecule has 186 valence electrons. The third kappa shape index (κ3) is 7.09. The van der Waals surface area contributed by atoms with Crippen molar-refractivity contribution in [3.63, 3.8) is 0 Å². The molecule has 1 heterocycles. The van der Waals surface area contributed by atoms with Gasteiger partial charge in [-0.25, -0.2) is 0 Å². The normalized spacial score (nSPS) is 13.3. The largest absolute Gasteiger partial charge is 0.435 e. The maximum Gasteiger partial charge on any atom is 0.387 e. The number of benzene rings is 1. The van der Waals surface area contributed by atoms with Crippen LogP contribution < -0.4 is 19.5 Å². The molecule has 0 radical (unpaired) electrons. The van der Waals surface area contributed by atoms with Crippen molar-refractivity contribution in [2.24, 2.45) is 5.41 Å². The first-order valence-electron chi connectivity index (χ1n) is 11.0. The zero-order chi connectivity index (χ0) is 25.8. The number of rotatable bonds is 8. The average molecular weight is 495 g/mol. The van der Waals surface area contributed by atoms with E-state index in [0.29, 0.717) is 14.8 Å². The van der Waals surface area contributed by atoms with Gasteiger partial charge in [-0.1, -0.05) is 32.9 Å². The minimum Gasteiger partial charge on any atom is -0.435 e. The lowest BCUT2D eigenvalue weighted by Crippen LogP contribution is -2.46. The van der Waals surface area contributed by atoms with Crippen LogP contribution in [0.1, 0.15) is 54.0 Å². The fraction of sp³-hybridized carbons (Fsp3) is 0.480. The van der Waals surface area contributed by atoms with Gasteiger partial charge < -0.3 is 9.64 Å². The molecule has 0 aliphatic carbocycles. The molecule has 1 aromatic heterocycles. The molecule has 0 atom stereocenters. The molecule has 9 heteroatoms. The molecule has 2 aromatic rings. The number of ether oxygens (including phenoxy) is 1. The summed E-state index contributed by atoms with van der Waals surface area (Å²) in [6, 6.07) is 5.76.